The zero-order valence-corrected chi connectivity index (χ0v) is 11.8. The number of methoxy groups -OCH3 is 1. The minimum absolute atomic E-state index is 0.00529. The Morgan fingerprint density at radius 2 is 2.05 bits per heavy atom. The van der Waals surface area contributed by atoms with E-state index in [0.717, 1.165) is 11.3 Å². The van der Waals surface area contributed by atoms with E-state index in [1.54, 1.807) is 4.90 Å². The molecule has 1 aromatic carbocycles. The third-order valence-electron chi connectivity index (χ3n) is 3.36. The van der Waals surface area contributed by atoms with Gasteiger partial charge in [-0.05, 0) is 24.6 Å². The summed E-state index contributed by atoms with van der Waals surface area (Å²) in [6.07, 6.45) is 0.240. The van der Waals surface area contributed by atoms with Crippen molar-refractivity contribution in [2.45, 2.75) is 19.9 Å². The number of ether oxygens (including phenoxy) is 2. The van der Waals surface area contributed by atoms with Gasteiger partial charge in [-0.3, -0.25) is 9.59 Å². The molecule has 0 aliphatic carbocycles. The molecule has 0 aromatic heterocycles. The highest BCUT2D eigenvalue weighted by atomic mass is 16.5. The molecular weight excluding hydrogens is 258 g/mol. The molecule has 1 atom stereocenters. The zero-order chi connectivity index (χ0) is 14.5. The van der Waals surface area contributed by atoms with Gasteiger partial charge in [-0.25, -0.2) is 0 Å². The van der Waals surface area contributed by atoms with Gasteiger partial charge in [0.25, 0.3) is 0 Å². The van der Waals surface area contributed by atoms with Gasteiger partial charge in [-0.1, -0.05) is 12.1 Å². The Labute approximate surface area is 118 Å². The Morgan fingerprint density at radius 1 is 1.35 bits per heavy atom. The number of amides is 1. The lowest BCUT2D eigenvalue weighted by Gasteiger charge is -2.16. The second kappa shape index (κ2) is 6.41. The molecule has 1 aromatic rings. The van der Waals surface area contributed by atoms with Crippen LogP contribution in [0.25, 0.3) is 0 Å². The van der Waals surface area contributed by atoms with E-state index >= 15 is 0 Å². The van der Waals surface area contributed by atoms with Crippen molar-refractivity contribution >= 4 is 11.9 Å². The number of hydrogen-bond donors (Lipinski definition) is 0. The standard InChI is InChI=1S/C15H19NO4/c1-3-20-13-6-4-11(5-7-13)9-16-10-12(8-14(16)17)15(18)19-2/h4-7,12H,3,8-10H2,1-2H3. The average molecular weight is 277 g/mol. The van der Waals surface area contributed by atoms with E-state index in [9.17, 15) is 9.59 Å². The number of rotatable bonds is 5. The minimum atomic E-state index is -0.338. The van der Waals surface area contributed by atoms with Crippen LogP contribution in [0.5, 0.6) is 5.75 Å². The molecule has 0 N–H and O–H groups in total. The lowest BCUT2D eigenvalue weighted by Crippen LogP contribution is -2.26. The van der Waals surface area contributed by atoms with Gasteiger partial charge in [-0.15, -0.1) is 0 Å². The van der Waals surface area contributed by atoms with E-state index in [-0.39, 0.29) is 24.2 Å². The highest BCUT2D eigenvalue weighted by Gasteiger charge is 2.34. The van der Waals surface area contributed by atoms with Crippen molar-refractivity contribution in [2.75, 3.05) is 20.3 Å². The van der Waals surface area contributed by atoms with Crippen molar-refractivity contribution in [3.05, 3.63) is 29.8 Å². The first kappa shape index (κ1) is 14.4. The predicted octanol–water partition coefficient (Wildman–Crippen LogP) is 1.61. The Bertz CT molecular complexity index is 483. The van der Waals surface area contributed by atoms with Crippen molar-refractivity contribution in [3.63, 3.8) is 0 Å². The molecule has 0 bridgehead atoms. The Balaban J connectivity index is 1.96. The maximum atomic E-state index is 11.9. The van der Waals surface area contributed by atoms with Crippen LogP contribution in [-0.4, -0.2) is 37.0 Å². The first-order valence-electron chi connectivity index (χ1n) is 6.71. The average Bonchev–Trinajstić information content (AvgIpc) is 2.82. The van der Waals surface area contributed by atoms with Gasteiger partial charge in [0.15, 0.2) is 0 Å². The highest BCUT2D eigenvalue weighted by molar-refractivity contribution is 5.86. The smallest absolute Gasteiger partial charge is 0.310 e. The largest absolute Gasteiger partial charge is 0.494 e. The highest BCUT2D eigenvalue weighted by Crippen LogP contribution is 2.22. The Morgan fingerprint density at radius 3 is 2.65 bits per heavy atom. The molecule has 1 aliphatic heterocycles. The second-order valence-corrected chi connectivity index (χ2v) is 4.78. The maximum absolute atomic E-state index is 11.9. The van der Waals surface area contributed by atoms with Gasteiger partial charge in [0, 0.05) is 19.5 Å². The summed E-state index contributed by atoms with van der Waals surface area (Å²) in [7, 11) is 1.35. The van der Waals surface area contributed by atoms with Crippen molar-refractivity contribution in [1.82, 2.24) is 4.90 Å². The lowest BCUT2D eigenvalue weighted by atomic mass is 10.1. The fourth-order valence-electron chi connectivity index (χ4n) is 2.33. The molecule has 1 fully saturated rings. The number of hydrogen-bond acceptors (Lipinski definition) is 4. The number of carbonyl (C=O) groups excluding carboxylic acids is 2. The van der Waals surface area contributed by atoms with E-state index in [0.29, 0.717) is 19.7 Å². The van der Waals surface area contributed by atoms with Crippen molar-refractivity contribution < 1.29 is 19.1 Å². The summed E-state index contributed by atoms with van der Waals surface area (Å²) >= 11 is 0. The number of nitrogens with zero attached hydrogens (tertiary/aromatic N) is 1. The molecule has 108 valence electrons. The van der Waals surface area contributed by atoms with Gasteiger partial charge < -0.3 is 14.4 Å². The van der Waals surface area contributed by atoms with Crippen LogP contribution in [0, 0.1) is 5.92 Å². The van der Waals surface area contributed by atoms with Crippen LogP contribution in [0.1, 0.15) is 18.9 Å². The summed E-state index contributed by atoms with van der Waals surface area (Å²) in [4.78, 5) is 25.0. The van der Waals surface area contributed by atoms with Crippen molar-refractivity contribution in [1.29, 1.82) is 0 Å². The molecule has 2 rings (SSSR count). The summed E-state index contributed by atoms with van der Waals surface area (Å²) in [6.45, 7) is 3.51. The molecule has 0 spiro atoms. The van der Waals surface area contributed by atoms with Crippen LogP contribution in [0.15, 0.2) is 24.3 Å². The fourth-order valence-corrected chi connectivity index (χ4v) is 2.33. The van der Waals surface area contributed by atoms with Gasteiger partial charge in [0.05, 0.1) is 19.6 Å². The van der Waals surface area contributed by atoms with Crippen LogP contribution in [-0.2, 0) is 20.9 Å². The van der Waals surface area contributed by atoms with Gasteiger partial charge in [0.2, 0.25) is 5.91 Å². The number of likely N-dealkylation sites (tertiary alicyclic amines) is 1. The molecule has 1 saturated heterocycles. The van der Waals surface area contributed by atoms with E-state index in [1.165, 1.54) is 7.11 Å². The molecule has 5 nitrogen and oxygen atoms in total. The third-order valence-corrected chi connectivity index (χ3v) is 3.36. The van der Waals surface area contributed by atoms with Crippen molar-refractivity contribution in [3.8, 4) is 5.75 Å². The Hall–Kier alpha value is -2.04. The summed E-state index contributed by atoms with van der Waals surface area (Å²) in [6, 6.07) is 7.64. The van der Waals surface area contributed by atoms with E-state index in [1.807, 2.05) is 31.2 Å². The second-order valence-electron chi connectivity index (χ2n) is 4.78. The first-order valence-corrected chi connectivity index (χ1v) is 6.71. The zero-order valence-electron chi connectivity index (χ0n) is 11.8. The first-order chi connectivity index (χ1) is 9.63. The van der Waals surface area contributed by atoms with Crippen LogP contribution in [0.4, 0.5) is 0 Å². The van der Waals surface area contributed by atoms with Gasteiger partial charge >= 0.3 is 5.97 Å². The van der Waals surface area contributed by atoms with Crippen LogP contribution in [0.2, 0.25) is 0 Å². The SMILES string of the molecule is CCOc1ccc(CN2CC(C(=O)OC)CC2=O)cc1. The van der Waals surface area contributed by atoms with E-state index < -0.39 is 0 Å². The van der Waals surface area contributed by atoms with Crippen LogP contribution < -0.4 is 4.74 Å². The molecule has 20 heavy (non-hydrogen) atoms. The summed E-state index contributed by atoms with van der Waals surface area (Å²) in [5.41, 5.74) is 1.02. The maximum Gasteiger partial charge on any atom is 0.310 e. The quantitative estimate of drug-likeness (QED) is 0.767. The molecule has 5 heteroatoms. The normalized spacial score (nSPS) is 18.2. The van der Waals surface area contributed by atoms with E-state index in [2.05, 4.69) is 4.74 Å². The number of esters is 1. The molecule has 1 aliphatic rings. The fraction of sp³-hybridized carbons (Fsp3) is 0.467. The molecule has 0 radical (unpaired) electrons. The molecule has 0 saturated carbocycles. The molecular formula is C15H19NO4. The summed E-state index contributed by atoms with van der Waals surface area (Å²) in [5, 5.41) is 0. The summed E-state index contributed by atoms with van der Waals surface area (Å²) < 4.78 is 10.1. The van der Waals surface area contributed by atoms with Gasteiger partial charge in [-0.2, -0.15) is 0 Å². The predicted molar refractivity (Wildman–Crippen MR) is 73.2 cm³/mol. The molecule has 1 amide bonds. The van der Waals surface area contributed by atoms with Crippen molar-refractivity contribution in [2.24, 2.45) is 5.92 Å². The minimum Gasteiger partial charge on any atom is -0.494 e. The van der Waals surface area contributed by atoms with E-state index in [4.69, 9.17) is 4.74 Å². The lowest BCUT2D eigenvalue weighted by molar-refractivity contribution is -0.145. The molecule has 1 unspecified atom stereocenters. The number of carbonyl (C=O) groups is 2. The Kier molecular flexibility index (Phi) is 4.61. The van der Waals surface area contributed by atoms with Crippen LogP contribution >= 0.6 is 0 Å². The monoisotopic (exact) mass is 277 g/mol. The van der Waals surface area contributed by atoms with Crippen LogP contribution in [0.3, 0.4) is 0 Å². The third kappa shape index (κ3) is 3.29. The van der Waals surface area contributed by atoms with Gasteiger partial charge in [0.1, 0.15) is 5.75 Å². The topological polar surface area (TPSA) is 55.8 Å². The summed E-state index contributed by atoms with van der Waals surface area (Å²) in [5.74, 6) is 0.161. The molecule has 1 heterocycles. The number of benzene rings is 1.